The second-order valence-electron chi connectivity index (χ2n) is 4.63. The number of nitrogens with zero attached hydrogens (tertiary/aromatic N) is 1. The maximum Gasteiger partial charge on any atom is 0.0820 e. The Balaban J connectivity index is 2.05. The summed E-state index contributed by atoms with van der Waals surface area (Å²) < 4.78 is 0. The summed E-state index contributed by atoms with van der Waals surface area (Å²) in [6.45, 7) is 0.120. The van der Waals surface area contributed by atoms with Gasteiger partial charge in [0.2, 0.25) is 0 Å². The third kappa shape index (κ3) is 3.26. The van der Waals surface area contributed by atoms with E-state index in [0.717, 1.165) is 35.8 Å². The van der Waals surface area contributed by atoms with E-state index in [1.807, 2.05) is 30.5 Å². The first-order valence-corrected chi connectivity index (χ1v) is 9.55. The molecule has 0 aliphatic rings. The van der Waals surface area contributed by atoms with E-state index in [2.05, 4.69) is 12.1 Å². The highest BCUT2D eigenvalue weighted by Crippen LogP contribution is 2.34. The number of aliphatic hydroxyl groups excluding tert-OH is 2. The molecule has 3 heterocycles. The van der Waals surface area contributed by atoms with Crippen LogP contribution in [0.15, 0.2) is 41.3 Å². The Kier molecular flexibility index (Phi) is 4.95. The molecule has 0 saturated carbocycles. The molecular formula is C16H15NO2S3. The summed E-state index contributed by atoms with van der Waals surface area (Å²) in [7, 11) is 0. The predicted molar refractivity (Wildman–Crippen MR) is 94.5 cm³/mol. The molecule has 0 aromatic carbocycles. The number of pyridine rings is 1. The number of aliphatic hydroxyl groups is 2. The molecule has 3 aromatic heterocycles. The lowest BCUT2D eigenvalue weighted by Crippen LogP contribution is -1.86. The lowest BCUT2D eigenvalue weighted by molar-refractivity contribution is 0.285. The van der Waals surface area contributed by atoms with Gasteiger partial charge in [-0.05, 0) is 42.7 Å². The predicted octanol–water partition coefficient (Wildman–Crippen LogP) is 4.25. The molecule has 2 N–H and O–H groups in total. The van der Waals surface area contributed by atoms with E-state index in [1.165, 1.54) is 0 Å². The summed E-state index contributed by atoms with van der Waals surface area (Å²) in [4.78, 5) is 9.90. The van der Waals surface area contributed by atoms with Crippen LogP contribution in [0.3, 0.4) is 0 Å². The fourth-order valence-electron chi connectivity index (χ4n) is 2.08. The quantitative estimate of drug-likeness (QED) is 0.676. The van der Waals surface area contributed by atoms with Crippen LogP contribution in [0.5, 0.6) is 0 Å². The Bertz CT molecular complexity index is 719. The number of aromatic nitrogens is 1. The smallest absolute Gasteiger partial charge is 0.0820 e. The van der Waals surface area contributed by atoms with Crippen LogP contribution in [0, 0.1) is 0 Å². The minimum absolute atomic E-state index is 0.0600. The SMILES string of the molecule is CSc1cc(-c2ccc(CO)s2)nc(-c2ccc(CO)s2)c1. The zero-order valence-electron chi connectivity index (χ0n) is 11.9. The van der Waals surface area contributed by atoms with Crippen LogP contribution in [0.2, 0.25) is 0 Å². The number of thioether (sulfide) groups is 1. The summed E-state index contributed by atoms with van der Waals surface area (Å²) in [6, 6.07) is 12.0. The van der Waals surface area contributed by atoms with Crippen molar-refractivity contribution >= 4 is 34.4 Å². The van der Waals surface area contributed by atoms with E-state index in [0.29, 0.717) is 0 Å². The molecule has 3 nitrogen and oxygen atoms in total. The molecule has 0 unspecified atom stereocenters. The van der Waals surface area contributed by atoms with E-state index in [4.69, 9.17) is 4.98 Å². The van der Waals surface area contributed by atoms with Crippen molar-refractivity contribution in [2.45, 2.75) is 18.1 Å². The second kappa shape index (κ2) is 6.93. The molecule has 114 valence electrons. The zero-order valence-corrected chi connectivity index (χ0v) is 14.4. The van der Waals surface area contributed by atoms with Crippen molar-refractivity contribution < 1.29 is 10.2 Å². The number of hydrogen-bond acceptors (Lipinski definition) is 6. The standard InChI is InChI=1S/C16H15NO2S3/c1-20-12-6-13(15-4-2-10(8-18)21-15)17-14(7-12)16-5-3-11(9-19)22-16/h2-7,18-19H,8-9H2,1H3. The first kappa shape index (κ1) is 15.7. The first-order chi connectivity index (χ1) is 10.7. The fraction of sp³-hybridized carbons (Fsp3) is 0.188. The molecule has 3 rings (SSSR count). The van der Waals surface area contributed by atoms with Crippen molar-refractivity contribution in [3.8, 4) is 21.1 Å². The van der Waals surface area contributed by atoms with Crippen molar-refractivity contribution in [1.82, 2.24) is 4.98 Å². The van der Waals surface area contributed by atoms with Gasteiger partial charge in [0.25, 0.3) is 0 Å². The van der Waals surface area contributed by atoms with Gasteiger partial charge in [-0.1, -0.05) is 0 Å². The monoisotopic (exact) mass is 349 g/mol. The lowest BCUT2D eigenvalue weighted by Gasteiger charge is -2.05. The molecule has 0 spiro atoms. The molecule has 3 aromatic rings. The van der Waals surface area contributed by atoms with Crippen molar-refractivity contribution in [3.63, 3.8) is 0 Å². The highest BCUT2D eigenvalue weighted by atomic mass is 32.2. The van der Waals surface area contributed by atoms with Crippen LogP contribution in [-0.4, -0.2) is 21.5 Å². The molecule has 0 atom stereocenters. The molecule has 0 fully saturated rings. The summed E-state index contributed by atoms with van der Waals surface area (Å²) in [5, 5.41) is 18.4. The summed E-state index contributed by atoms with van der Waals surface area (Å²) in [6.07, 6.45) is 2.05. The molecular weight excluding hydrogens is 334 g/mol. The van der Waals surface area contributed by atoms with Crippen molar-refractivity contribution in [2.75, 3.05) is 6.26 Å². The zero-order chi connectivity index (χ0) is 15.5. The van der Waals surface area contributed by atoms with Gasteiger partial charge in [-0.2, -0.15) is 0 Å². The Labute approximate surface area is 141 Å². The van der Waals surface area contributed by atoms with Crippen molar-refractivity contribution in [3.05, 3.63) is 46.2 Å². The van der Waals surface area contributed by atoms with Gasteiger partial charge in [0, 0.05) is 14.6 Å². The molecule has 0 bridgehead atoms. The van der Waals surface area contributed by atoms with Gasteiger partial charge in [0.1, 0.15) is 0 Å². The highest BCUT2D eigenvalue weighted by molar-refractivity contribution is 7.98. The Morgan fingerprint density at radius 3 is 1.77 bits per heavy atom. The van der Waals surface area contributed by atoms with Gasteiger partial charge >= 0.3 is 0 Å². The van der Waals surface area contributed by atoms with E-state index in [-0.39, 0.29) is 13.2 Å². The van der Waals surface area contributed by atoms with E-state index < -0.39 is 0 Å². The Hall–Kier alpha value is -1.18. The van der Waals surface area contributed by atoms with Crippen LogP contribution < -0.4 is 0 Å². The summed E-state index contributed by atoms with van der Waals surface area (Å²) in [5.74, 6) is 0. The lowest BCUT2D eigenvalue weighted by atomic mass is 10.2. The minimum Gasteiger partial charge on any atom is -0.391 e. The van der Waals surface area contributed by atoms with Gasteiger partial charge in [0.05, 0.1) is 34.4 Å². The molecule has 0 aliphatic heterocycles. The maximum absolute atomic E-state index is 9.22. The number of hydrogen-bond donors (Lipinski definition) is 2. The van der Waals surface area contributed by atoms with Crippen LogP contribution in [0.25, 0.3) is 21.1 Å². The molecule has 0 amide bonds. The van der Waals surface area contributed by atoms with Crippen molar-refractivity contribution in [2.24, 2.45) is 0 Å². The first-order valence-electron chi connectivity index (χ1n) is 6.69. The van der Waals surface area contributed by atoms with Crippen LogP contribution in [0.1, 0.15) is 9.75 Å². The van der Waals surface area contributed by atoms with Crippen LogP contribution in [-0.2, 0) is 13.2 Å². The van der Waals surface area contributed by atoms with Crippen molar-refractivity contribution in [1.29, 1.82) is 0 Å². The average Bonchev–Trinajstić information content (AvgIpc) is 3.23. The molecule has 22 heavy (non-hydrogen) atoms. The fourth-order valence-corrected chi connectivity index (χ4v) is 4.19. The molecule has 0 saturated heterocycles. The van der Waals surface area contributed by atoms with Crippen LogP contribution >= 0.6 is 34.4 Å². The van der Waals surface area contributed by atoms with Crippen LogP contribution in [0.4, 0.5) is 0 Å². The normalized spacial score (nSPS) is 11.0. The Morgan fingerprint density at radius 2 is 1.41 bits per heavy atom. The van der Waals surface area contributed by atoms with Gasteiger partial charge in [0.15, 0.2) is 0 Å². The molecule has 0 aliphatic carbocycles. The van der Waals surface area contributed by atoms with E-state index in [9.17, 15) is 10.2 Å². The van der Waals surface area contributed by atoms with Gasteiger partial charge in [-0.15, -0.1) is 34.4 Å². The van der Waals surface area contributed by atoms with Gasteiger partial charge in [-0.25, -0.2) is 4.98 Å². The van der Waals surface area contributed by atoms with Gasteiger partial charge in [-0.3, -0.25) is 0 Å². The third-order valence-corrected chi connectivity index (χ3v) is 6.07. The van der Waals surface area contributed by atoms with E-state index in [1.54, 1.807) is 34.4 Å². The van der Waals surface area contributed by atoms with Gasteiger partial charge < -0.3 is 10.2 Å². The molecule has 0 radical (unpaired) electrons. The highest BCUT2D eigenvalue weighted by Gasteiger charge is 2.10. The second-order valence-corrected chi connectivity index (χ2v) is 7.84. The minimum atomic E-state index is 0.0600. The van der Waals surface area contributed by atoms with E-state index >= 15 is 0 Å². The number of thiophene rings is 2. The Morgan fingerprint density at radius 1 is 0.909 bits per heavy atom. The third-order valence-electron chi connectivity index (χ3n) is 3.17. The average molecular weight is 350 g/mol. The summed E-state index contributed by atoms with van der Waals surface area (Å²) >= 11 is 4.80. The number of rotatable bonds is 5. The maximum atomic E-state index is 9.22. The largest absolute Gasteiger partial charge is 0.391 e. The summed E-state index contributed by atoms with van der Waals surface area (Å²) in [5.41, 5.74) is 1.84. The molecule has 6 heteroatoms. The topological polar surface area (TPSA) is 53.4 Å².